The number of ether oxygens (including phenoxy) is 1. The van der Waals surface area contributed by atoms with Crippen LogP contribution in [0, 0.1) is 6.92 Å². The second kappa shape index (κ2) is 10.8. The van der Waals surface area contributed by atoms with Crippen molar-refractivity contribution in [3.05, 3.63) is 111 Å². The van der Waals surface area contributed by atoms with E-state index in [9.17, 15) is 13.2 Å². The van der Waals surface area contributed by atoms with E-state index in [0.717, 1.165) is 28.3 Å². The van der Waals surface area contributed by atoms with E-state index < -0.39 is 15.9 Å². The average molecular weight is 587 g/mol. The van der Waals surface area contributed by atoms with Gasteiger partial charge in [0.15, 0.2) is 0 Å². The number of benzene rings is 3. The number of aryl methyl sites for hydroxylation is 1. The Bertz CT molecular complexity index is 1750. The molecule has 2 heterocycles. The van der Waals surface area contributed by atoms with Crippen molar-refractivity contribution in [1.82, 2.24) is 14.3 Å². The van der Waals surface area contributed by atoms with Crippen molar-refractivity contribution >= 4 is 61.5 Å². The van der Waals surface area contributed by atoms with E-state index in [4.69, 9.17) is 27.9 Å². The van der Waals surface area contributed by atoms with E-state index in [2.05, 4.69) is 9.71 Å². The third kappa shape index (κ3) is 5.71. The summed E-state index contributed by atoms with van der Waals surface area (Å²) in [6.07, 6.45) is 0. The van der Waals surface area contributed by atoms with E-state index in [1.54, 1.807) is 18.2 Å². The molecule has 0 bridgehead atoms. The molecule has 0 spiro atoms. The van der Waals surface area contributed by atoms with Gasteiger partial charge in [-0.1, -0.05) is 59.6 Å². The van der Waals surface area contributed by atoms with Crippen molar-refractivity contribution < 1.29 is 17.9 Å². The monoisotopic (exact) mass is 585 g/mol. The van der Waals surface area contributed by atoms with Gasteiger partial charge in [0.25, 0.3) is 15.9 Å². The number of amides is 1. The molecule has 38 heavy (non-hydrogen) atoms. The minimum Gasteiger partial charge on any atom is -0.489 e. The maximum absolute atomic E-state index is 12.8. The van der Waals surface area contributed by atoms with Crippen LogP contribution < -0.4 is 9.46 Å². The summed E-state index contributed by atoms with van der Waals surface area (Å²) in [5.74, 6) is 0.626. The number of nitrogens with one attached hydrogen (secondary N) is 1. The molecule has 0 fully saturated rings. The summed E-state index contributed by atoms with van der Waals surface area (Å²) in [5, 5.41) is 0.534. The van der Waals surface area contributed by atoms with Crippen LogP contribution in [0.4, 0.5) is 0 Å². The molecule has 0 aliphatic carbocycles. The van der Waals surface area contributed by atoms with Crippen LogP contribution in [0.1, 0.15) is 27.3 Å². The maximum atomic E-state index is 12.8. The Morgan fingerprint density at radius 1 is 1.03 bits per heavy atom. The van der Waals surface area contributed by atoms with E-state index in [1.165, 1.54) is 18.2 Å². The van der Waals surface area contributed by atoms with Crippen LogP contribution >= 0.6 is 34.5 Å². The molecule has 0 aliphatic heterocycles. The fourth-order valence-corrected chi connectivity index (χ4v) is 6.60. The number of aromatic nitrogens is 2. The lowest BCUT2D eigenvalue weighted by Gasteiger charge is -2.12. The van der Waals surface area contributed by atoms with Crippen LogP contribution in [-0.4, -0.2) is 23.9 Å². The summed E-state index contributed by atoms with van der Waals surface area (Å²) < 4.78 is 35.3. The molecule has 7 nitrogen and oxygen atoms in total. The molecule has 0 saturated heterocycles. The molecule has 3 aromatic carbocycles. The van der Waals surface area contributed by atoms with Crippen LogP contribution in [0.5, 0.6) is 5.75 Å². The molecule has 11 heteroatoms. The lowest BCUT2D eigenvalue weighted by molar-refractivity contribution is 0.0981. The molecule has 5 aromatic rings. The molecule has 0 unspecified atom stereocenters. The Balaban J connectivity index is 1.36. The highest BCUT2D eigenvalue weighted by molar-refractivity contribution is 7.92. The first-order valence-corrected chi connectivity index (χ1v) is 14.5. The topological polar surface area (TPSA) is 90.3 Å². The lowest BCUT2D eigenvalue weighted by Crippen LogP contribution is -2.30. The first-order chi connectivity index (χ1) is 18.2. The zero-order chi connectivity index (χ0) is 26.9. The van der Waals surface area contributed by atoms with E-state index >= 15 is 0 Å². The number of carbonyl (C=O) groups is 1. The first kappa shape index (κ1) is 26.2. The molecule has 0 saturated carbocycles. The van der Waals surface area contributed by atoms with E-state index in [1.807, 2.05) is 54.0 Å². The normalized spacial score (nSPS) is 11.6. The Kier molecular flexibility index (Phi) is 7.45. The summed E-state index contributed by atoms with van der Waals surface area (Å²) in [6, 6.07) is 23.0. The number of hydrogen-bond donors (Lipinski definition) is 1. The zero-order valence-electron chi connectivity index (χ0n) is 20.0. The summed E-state index contributed by atoms with van der Waals surface area (Å²) in [4.78, 5) is 17.4. The quantitative estimate of drug-likeness (QED) is 0.226. The third-order valence-electron chi connectivity index (χ3n) is 5.84. The summed E-state index contributed by atoms with van der Waals surface area (Å²) in [6.45, 7) is 2.69. The van der Waals surface area contributed by atoms with Crippen molar-refractivity contribution in [2.75, 3.05) is 0 Å². The minimum absolute atomic E-state index is 0.0383. The molecule has 1 amide bonds. The number of thiophene rings is 1. The molecule has 0 atom stereocenters. The molecule has 5 rings (SSSR count). The van der Waals surface area contributed by atoms with Gasteiger partial charge in [-0.25, -0.2) is 18.1 Å². The van der Waals surface area contributed by atoms with E-state index in [0.29, 0.717) is 39.3 Å². The highest BCUT2D eigenvalue weighted by atomic mass is 35.5. The van der Waals surface area contributed by atoms with Crippen LogP contribution in [-0.2, 0) is 23.2 Å². The average Bonchev–Trinajstić information content (AvgIpc) is 3.47. The molecular weight excluding hydrogens is 565 g/mol. The fourth-order valence-electron chi connectivity index (χ4n) is 3.91. The van der Waals surface area contributed by atoms with Gasteiger partial charge in [0.05, 0.1) is 21.9 Å². The SMILES string of the molecule is Cc1nc2ccc(C(=O)NS(=O)(=O)c3ccc(Cl)s3)cc2n1Cc1ccc(OCc2ccccc2)cc1Cl. The molecule has 0 radical (unpaired) electrons. The van der Waals surface area contributed by atoms with Gasteiger partial charge in [-0.2, -0.15) is 0 Å². The van der Waals surface area contributed by atoms with E-state index in [-0.39, 0.29) is 9.77 Å². The van der Waals surface area contributed by atoms with Gasteiger partial charge in [-0.3, -0.25) is 4.79 Å². The molecule has 2 aromatic heterocycles. The van der Waals surface area contributed by atoms with Crippen LogP contribution in [0.3, 0.4) is 0 Å². The predicted molar refractivity (Wildman–Crippen MR) is 150 cm³/mol. The van der Waals surface area contributed by atoms with Gasteiger partial charge in [0, 0.05) is 10.6 Å². The highest BCUT2D eigenvalue weighted by Crippen LogP contribution is 2.28. The Hall–Kier alpha value is -3.37. The van der Waals surface area contributed by atoms with Crippen molar-refractivity contribution in [2.45, 2.75) is 24.3 Å². The van der Waals surface area contributed by atoms with Crippen LogP contribution in [0.15, 0.2) is 83.1 Å². The first-order valence-electron chi connectivity index (χ1n) is 11.4. The smallest absolute Gasteiger partial charge is 0.273 e. The van der Waals surface area contributed by atoms with Crippen LogP contribution in [0.2, 0.25) is 9.36 Å². The number of imidazole rings is 1. The van der Waals surface area contributed by atoms with Gasteiger partial charge in [0.2, 0.25) is 0 Å². The second-order valence-corrected chi connectivity index (χ2v) is 12.5. The number of hydrogen-bond acceptors (Lipinski definition) is 6. The Morgan fingerprint density at radius 2 is 1.82 bits per heavy atom. The summed E-state index contributed by atoms with van der Waals surface area (Å²) in [5.41, 5.74) is 3.42. The van der Waals surface area contributed by atoms with Gasteiger partial charge in [0.1, 0.15) is 22.4 Å². The van der Waals surface area contributed by atoms with Gasteiger partial charge >= 0.3 is 0 Å². The maximum Gasteiger partial charge on any atom is 0.273 e. The van der Waals surface area contributed by atoms with Gasteiger partial charge in [-0.15, -0.1) is 11.3 Å². The fraction of sp³-hybridized carbons (Fsp3) is 0.111. The Morgan fingerprint density at radius 3 is 2.53 bits per heavy atom. The lowest BCUT2D eigenvalue weighted by atomic mass is 10.1. The highest BCUT2D eigenvalue weighted by Gasteiger charge is 2.21. The standard InChI is InChI=1S/C27H21Cl2N3O4S2/c1-17-30-23-10-8-19(27(33)31-38(34,35)26-12-11-25(29)37-26)13-24(23)32(17)15-20-7-9-21(14-22(20)28)36-16-18-5-3-2-4-6-18/h2-14H,15-16H2,1H3,(H,31,33). The number of rotatable bonds is 8. The number of carbonyl (C=O) groups excluding carboxylic acids is 1. The van der Waals surface area contributed by atoms with Crippen molar-refractivity contribution in [1.29, 1.82) is 0 Å². The minimum atomic E-state index is -4.04. The van der Waals surface area contributed by atoms with Crippen molar-refractivity contribution in [3.8, 4) is 5.75 Å². The number of nitrogens with zero attached hydrogens (tertiary/aromatic N) is 2. The Labute approximate surface area is 233 Å². The number of halogens is 2. The van der Waals surface area contributed by atoms with Gasteiger partial charge < -0.3 is 9.30 Å². The van der Waals surface area contributed by atoms with Crippen molar-refractivity contribution in [3.63, 3.8) is 0 Å². The molecule has 194 valence electrons. The third-order valence-corrected chi connectivity index (χ3v) is 9.25. The molecule has 0 aliphatic rings. The number of fused-ring (bicyclic) bond motifs is 1. The largest absolute Gasteiger partial charge is 0.489 e. The van der Waals surface area contributed by atoms with Gasteiger partial charge in [-0.05, 0) is 60.5 Å². The van der Waals surface area contributed by atoms with Crippen LogP contribution in [0.25, 0.3) is 11.0 Å². The number of sulfonamides is 1. The summed E-state index contributed by atoms with van der Waals surface area (Å²) in [7, 11) is -4.04. The molecule has 1 N–H and O–H groups in total. The second-order valence-electron chi connectivity index (χ2n) is 8.47. The molecular formula is C27H21Cl2N3O4S2. The van der Waals surface area contributed by atoms with Crippen molar-refractivity contribution in [2.24, 2.45) is 0 Å². The predicted octanol–water partition coefficient (Wildman–Crippen LogP) is 6.46. The summed E-state index contributed by atoms with van der Waals surface area (Å²) >= 11 is 13.3. The zero-order valence-corrected chi connectivity index (χ0v) is 23.2.